The van der Waals surface area contributed by atoms with Crippen LogP contribution in [-0.2, 0) is 48.7 Å². The molecule has 0 aromatic carbocycles. The van der Waals surface area contributed by atoms with Gasteiger partial charge in [-0.25, -0.2) is 70.2 Å². The molecule has 1 rings (SSSR count). The van der Waals surface area contributed by atoms with Gasteiger partial charge in [-0.15, -0.1) is 0 Å². The summed E-state index contributed by atoms with van der Waals surface area (Å²) in [5.41, 5.74) is 0. The topological polar surface area (TPSA) is 102 Å². The summed E-state index contributed by atoms with van der Waals surface area (Å²) in [4.78, 5) is 0. The van der Waals surface area contributed by atoms with Crippen LogP contribution in [0.4, 0.5) is 70.2 Å². The zero-order valence-corrected chi connectivity index (χ0v) is 82.5. The molecular weight excluding hydrogens is 1530 g/mol. The van der Waals surface area contributed by atoms with Gasteiger partial charge in [-0.2, -0.15) is 0 Å². The normalized spacial score (nSPS) is 16.6. The predicted molar refractivity (Wildman–Crippen MR) is 415 cm³/mol. The van der Waals surface area contributed by atoms with Crippen LogP contribution in [-0.4, -0.2) is 256 Å². The minimum absolute atomic E-state index is 0. The Morgan fingerprint density at radius 3 is 0.906 bits per heavy atom. The van der Waals surface area contributed by atoms with E-state index < -0.39 is 163 Å². The van der Waals surface area contributed by atoms with Crippen LogP contribution in [0.15, 0.2) is 0 Å². The van der Waals surface area contributed by atoms with Crippen molar-refractivity contribution >= 4 is 135 Å². The molecule has 1 saturated heterocycles. The SMILES string of the molecule is C.C.CC(F)(F)CC(F)(F)CC(F)(F)CC(F)(F)CC[SiH3].CCCCCC[SiH3].COCCOCC[SiH2]C.COCCOCC[SiH3].CO[SiH3].C[SiH2]CCC(F)(F)CC(F)(F)CC(F)(F)CC(C)(F)F.C[SiH2]CCOCC[SiH2]C.C[SiH](C)O[SiH](C)C.C[SiH]1O[SiH](C)O[SiH](C)O[SiH](C)O1. The van der Waals surface area contributed by atoms with Crippen LogP contribution in [0, 0.1) is 0 Å². The quantitative estimate of drug-likeness (QED) is 0.0333. The fraction of sp³-hybridized carbons (Fsp3) is 1.00. The predicted octanol–water partition coefficient (Wildman–Crippen LogP) is 10.6. The maximum atomic E-state index is 13.2. The lowest BCUT2D eigenvalue weighted by Gasteiger charge is -2.28. The Morgan fingerprint density at radius 2 is 0.667 bits per heavy atom. The molecule has 1 aliphatic rings. The third-order valence-corrected chi connectivity index (χ3v) is 33.4. The van der Waals surface area contributed by atoms with Gasteiger partial charge in [0.1, 0.15) is 10.5 Å². The van der Waals surface area contributed by atoms with Crippen molar-refractivity contribution in [3.63, 3.8) is 0 Å². The van der Waals surface area contributed by atoms with Gasteiger partial charge in [0.25, 0.3) is 84.5 Å². The maximum absolute atomic E-state index is 13.2. The van der Waals surface area contributed by atoms with Gasteiger partial charge in [-0.05, 0) is 90.4 Å². The zero-order valence-electron chi connectivity index (χ0n) is 61.9. The lowest BCUT2D eigenvalue weighted by atomic mass is 9.98. The van der Waals surface area contributed by atoms with Crippen LogP contribution in [0.5, 0.6) is 0 Å². The number of hydrogen-bond acceptors (Lipinski definition) is 11. The van der Waals surface area contributed by atoms with E-state index >= 15 is 0 Å². The number of alkyl halides is 16. The van der Waals surface area contributed by atoms with E-state index in [1.807, 2.05) is 26.2 Å². The van der Waals surface area contributed by atoms with E-state index in [0.29, 0.717) is 10.2 Å². The van der Waals surface area contributed by atoms with E-state index in [0.717, 1.165) is 63.3 Å². The highest BCUT2D eigenvalue weighted by Crippen LogP contribution is 2.45. The average molecular weight is 1680 g/mol. The van der Waals surface area contributed by atoms with Gasteiger partial charge in [-0.3, -0.25) is 0 Å². The number of unbranched alkanes of at least 4 members (excludes halogenated alkanes) is 3. The molecule has 0 aromatic heterocycles. The number of hydrogen-bond donors (Lipinski definition) is 0. The average Bonchev–Trinajstić information content (AvgIpc) is 0.842. The standard InChI is InChI=1S/C11H18F8Si.C10H16F8Si.C6H16O2Si.C6H18OSi2.C6H16Si.C5H14O2Si.C4H16O4Si4.C4H14OSi2.CH6OSi.2CH4/c1-8(12,13)5-10(16,17)7-11(18,19)6-9(14,15)3-4-20-2;1-7(11,12)4-9(15,16)6-10(17,18)5-8(13,14)2-3-19;1-7-3-4-8-5-6-9-2;1-8-5-3-7-4-6-9-2;1-2-3-4-5-6-7;1-6-2-3-7-4-5-8;1-9-5-10(2)7-12(4)8-11(3)6-9;1-6(2)5-7(3)4;1-2-3;;/h3-7,20H2,1-2H3;2-6H2,1,19H3;3-6,9H2,1-2H3;3-6,8-9H2,1-2H3;2-6H2,1,7H3;2-5H2,1,8H3;9-12H,1-4H3;6-7H,1-4H3;1,3H3;2*1H4. The van der Waals surface area contributed by atoms with Crippen LogP contribution >= 0.6 is 0 Å². The Balaban J connectivity index is -0.000000112. The third kappa shape index (κ3) is 111. The second-order valence-electron chi connectivity index (χ2n) is 23.6. The molecule has 0 N–H and O–H groups in total. The Kier molecular flexibility index (Phi) is 90.6. The molecule has 0 atom stereocenters. The summed E-state index contributed by atoms with van der Waals surface area (Å²) in [6, 6.07) is 6.92. The smallest absolute Gasteiger partial charge is 0.300 e. The maximum Gasteiger partial charge on any atom is 0.300 e. The molecule has 11 nitrogen and oxygen atoms in total. The summed E-state index contributed by atoms with van der Waals surface area (Å²) in [7, 11) is 1.96. The fourth-order valence-corrected chi connectivity index (χ4v) is 27.7. The molecule has 0 amide bonds. The summed E-state index contributed by atoms with van der Waals surface area (Å²) in [6.45, 7) is 35.2. The molecule has 1 aliphatic heterocycles. The molecule has 0 radical (unpaired) electrons. The van der Waals surface area contributed by atoms with Crippen molar-refractivity contribution in [3.8, 4) is 0 Å². The van der Waals surface area contributed by atoms with Crippen LogP contribution in [0.2, 0.25) is 121 Å². The summed E-state index contributed by atoms with van der Waals surface area (Å²) in [5.74, 6) is -32.7. The van der Waals surface area contributed by atoms with Crippen LogP contribution in [0.3, 0.4) is 0 Å². The van der Waals surface area contributed by atoms with Gasteiger partial charge < -0.3 is 48.7 Å². The highest BCUT2D eigenvalue weighted by Gasteiger charge is 2.53. The fourth-order valence-electron chi connectivity index (χ4n) is 7.55. The summed E-state index contributed by atoms with van der Waals surface area (Å²) >= 11 is 0. The molecule has 41 heteroatoms. The Bertz CT molecular complexity index is 1490. The number of halogens is 16. The Hall–Kier alpha value is 1.48. The largest absolute Gasteiger partial charge is 0.461 e. The molecule has 0 bridgehead atoms. The van der Waals surface area contributed by atoms with E-state index in [-0.39, 0.29) is 69.3 Å². The van der Waals surface area contributed by atoms with E-state index in [2.05, 4.69) is 57.2 Å². The molecule has 0 aliphatic carbocycles. The minimum atomic E-state index is -4.39. The van der Waals surface area contributed by atoms with Crippen molar-refractivity contribution in [2.45, 2.75) is 281 Å². The van der Waals surface area contributed by atoms with Crippen LogP contribution < -0.4 is 0 Å². The van der Waals surface area contributed by atoms with Crippen LogP contribution in [0.25, 0.3) is 0 Å². The number of methoxy groups -OCH3 is 2. The van der Waals surface area contributed by atoms with E-state index in [4.69, 9.17) is 44.3 Å². The monoisotopic (exact) mass is 1670 g/mol. The van der Waals surface area contributed by atoms with E-state index in [1.165, 1.54) is 76.4 Å². The summed E-state index contributed by atoms with van der Waals surface area (Å²) in [6.07, 6.45) is -8.60. The van der Waals surface area contributed by atoms with Gasteiger partial charge in [0, 0.05) is 129 Å². The zero-order chi connectivity index (χ0) is 75.2. The highest BCUT2D eigenvalue weighted by molar-refractivity contribution is 6.72. The first-order chi connectivity index (χ1) is 43.1. The van der Waals surface area contributed by atoms with Crippen molar-refractivity contribution < 1.29 is 119 Å². The van der Waals surface area contributed by atoms with E-state index in [1.54, 1.807) is 27.9 Å². The van der Waals surface area contributed by atoms with Crippen molar-refractivity contribution in [1.82, 2.24) is 0 Å². The Labute approximate surface area is 605 Å². The first-order valence-electron chi connectivity index (χ1n) is 33.5. The van der Waals surface area contributed by atoms with Crippen molar-refractivity contribution in [3.05, 3.63) is 0 Å². The lowest BCUT2D eigenvalue weighted by molar-refractivity contribution is -0.179. The van der Waals surface area contributed by atoms with E-state index in [9.17, 15) is 70.2 Å². The second-order valence-corrected chi connectivity index (χ2v) is 48.4. The molecule has 0 saturated carbocycles. The molecule has 0 spiro atoms. The molecule has 0 unspecified atom stereocenters. The number of ether oxygens (including phenoxy) is 5. The van der Waals surface area contributed by atoms with Gasteiger partial charge in [0.05, 0.1) is 65.0 Å². The third-order valence-electron chi connectivity index (χ3n) is 11.1. The van der Waals surface area contributed by atoms with Gasteiger partial charge in [-0.1, -0.05) is 91.8 Å². The van der Waals surface area contributed by atoms with Gasteiger partial charge in [0.15, 0.2) is 18.1 Å². The highest BCUT2D eigenvalue weighted by atomic mass is 28.5. The summed E-state index contributed by atoms with van der Waals surface area (Å²) in [5, 5.41) is 0. The van der Waals surface area contributed by atoms with Gasteiger partial charge in [0.2, 0.25) is 0 Å². The number of rotatable bonds is 40. The lowest BCUT2D eigenvalue weighted by Crippen LogP contribution is -2.44. The van der Waals surface area contributed by atoms with Crippen molar-refractivity contribution in [1.29, 1.82) is 0 Å². The molecule has 96 heavy (non-hydrogen) atoms. The first-order valence-corrected chi connectivity index (χ1v) is 62.2. The van der Waals surface area contributed by atoms with Crippen molar-refractivity contribution in [2.75, 3.05) is 74.2 Å². The van der Waals surface area contributed by atoms with Crippen molar-refractivity contribution in [2.24, 2.45) is 0 Å². The van der Waals surface area contributed by atoms with Gasteiger partial charge >= 0.3 is 0 Å². The molecule has 1 fully saturated rings. The second kappa shape index (κ2) is 73.4. The summed E-state index contributed by atoms with van der Waals surface area (Å²) < 4.78 is 265. The minimum Gasteiger partial charge on any atom is -0.461 e. The molecule has 596 valence electrons. The first kappa shape index (κ1) is 119. The molecular formula is C55H142F16O11Si14. The Morgan fingerprint density at radius 1 is 0.385 bits per heavy atom. The molecule has 1 heterocycles. The molecule has 0 aromatic rings. The van der Waals surface area contributed by atoms with Crippen LogP contribution in [0.1, 0.15) is 113 Å².